The van der Waals surface area contributed by atoms with Gasteiger partial charge in [-0.15, -0.1) is 12.4 Å². The van der Waals surface area contributed by atoms with Crippen molar-refractivity contribution in [3.8, 4) is 0 Å². The van der Waals surface area contributed by atoms with Gasteiger partial charge in [0, 0.05) is 24.8 Å². The Hall–Kier alpha value is -1.30. The van der Waals surface area contributed by atoms with Gasteiger partial charge in [0.05, 0.1) is 16.0 Å². The van der Waals surface area contributed by atoms with E-state index in [1.54, 1.807) is 18.2 Å². The zero-order valence-corrected chi connectivity index (χ0v) is 18.0. The van der Waals surface area contributed by atoms with E-state index in [1.165, 1.54) is 0 Å². The summed E-state index contributed by atoms with van der Waals surface area (Å²) in [5.41, 5.74) is 6.32. The van der Waals surface area contributed by atoms with Crippen molar-refractivity contribution in [2.24, 2.45) is 11.1 Å². The fourth-order valence-corrected chi connectivity index (χ4v) is 3.80. The molecule has 0 saturated carbocycles. The Morgan fingerprint density at radius 2 is 1.96 bits per heavy atom. The molecular weight excluding hydrogens is 385 g/mol. The first kappa shape index (κ1) is 23.7. The maximum atomic E-state index is 12.8. The van der Waals surface area contributed by atoms with Crippen molar-refractivity contribution >= 4 is 41.5 Å². The summed E-state index contributed by atoms with van der Waals surface area (Å²) < 4.78 is 0. The van der Waals surface area contributed by atoms with Gasteiger partial charge in [-0.2, -0.15) is 0 Å². The summed E-state index contributed by atoms with van der Waals surface area (Å²) in [7, 11) is 0. The number of nitrogens with one attached hydrogen (secondary N) is 1. The number of piperidine rings is 1. The first-order valence-corrected chi connectivity index (χ1v) is 9.88. The van der Waals surface area contributed by atoms with E-state index in [0.29, 0.717) is 35.7 Å². The molecule has 1 aromatic rings. The van der Waals surface area contributed by atoms with Crippen LogP contribution in [-0.4, -0.2) is 35.8 Å². The number of anilines is 1. The largest absolute Gasteiger partial charge is 0.336 e. The Balaban J connectivity index is 0.00000364. The van der Waals surface area contributed by atoms with Crippen molar-refractivity contribution in [2.45, 2.75) is 58.9 Å². The van der Waals surface area contributed by atoms with E-state index in [1.807, 2.05) is 18.7 Å². The van der Waals surface area contributed by atoms with Crippen LogP contribution < -0.4 is 11.1 Å². The van der Waals surface area contributed by atoms with Gasteiger partial charge >= 0.3 is 0 Å². The number of hydrogen-bond acceptors (Lipinski definition) is 3. The third kappa shape index (κ3) is 5.15. The maximum Gasteiger partial charge on any atom is 0.255 e. The van der Waals surface area contributed by atoms with E-state index in [-0.39, 0.29) is 30.3 Å². The molecule has 1 fully saturated rings. The second-order valence-corrected chi connectivity index (χ2v) is 7.59. The molecule has 0 aromatic heterocycles. The summed E-state index contributed by atoms with van der Waals surface area (Å²) in [5.74, 6) is -0.150. The molecule has 1 aromatic carbocycles. The predicted molar refractivity (Wildman–Crippen MR) is 114 cm³/mol. The van der Waals surface area contributed by atoms with Crippen molar-refractivity contribution in [3.05, 3.63) is 28.8 Å². The number of hydrogen-bond donors (Lipinski definition) is 2. The molecule has 1 heterocycles. The Kier molecular flexibility index (Phi) is 9.06. The highest BCUT2D eigenvalue weighted by molar-refractivity contribution is 6.34. The molecule has 7 heteroatoms. The number of carbonyl (C=O) groups is 2. The number of halogens is 2. The van der Waals surface area contributed by atoms with Crippen LogP contribution in [0.4, 0.5) is 5.69 Å². The van der Waals surface area contributed by atoms with Crippen LogP contribution in [0.1, 0.15) is 63.2 Å². The van der Waals surface area contributed by atoms with Crippen LogP contribution in [0, 0.1) is 5.41 Å². The third-order valence-electron chi connectivity index (χ3n) is 5.75. The van der Waals surface area contributed by atoms with E-state index in [0.717, 1.165) is 25.8 Å². The lowest BCUT2D eigenvalue weighted by molar-refractivity contribution is -0.125. The average molecular weight is 416 g/mol. The molecule has 1 aliphatic heterocycles. The van der Waals surface area contributed by atoms with Crippen molar-refractivity contribution in [1.29, 1.82) is 0 Å². The number of rotatable bonds is 6. The first-order chi connectivity index (χ1) is 12.4. The molecule has 27 heavy (non-hydrogen) atoms. The molecule has 0 bridgehead atoms. The number of benzene rings is 1. The molecule has 3 N–H and O–H groups in total. The highest BCUT2D eigenvalue weighted by Crippen LogP contribution is 2.29. The lowest BCUT2D eigenvalue weighted by Crippen LogP contribution is -2.42. The van der Waals surface area contributed by atoms with Crippen LogP contribution in [0.5, 0.6) is 0 Å². The molecule has 5 nitrogen and oxygen atoms in total. The monoisotopic (exact) mass is 415 g/mol. The SMILES string of the molecule is CCC(CC)(CN)C(=O)Nc1ccc(C(=O)N2CCCCC2C)c(Cl)c1.Cl. The molecule has 1 aliphatic rings. The minimum atomic E-state index is -0.579. The molecule has 1 unspecified atom stereocenters. The van der Waals surface area contributed by atoms with E-state index < -0.39 is 5.41 Å². The van der Waals surface area contributed by atoms with E-state index in [9.17, 15) is 9.59 Å². The third-order valence-corrected chi connectivity index (χ3v) is 6.06. The number of nitrogens with two attached hydrogens (primary N) is 1. The van der Waals surface area contributed by atoms with E-state index in [4.69, 9.17) is 17.3 Å². The topological polar surface area (TPSA) is 75.4 Å². The molecule has 1 atom stereocenters. The molecular formula is C20H31Cl2N3O2. The van der Waals surface area contributed by atoms with Crippen molar-refractivity contribution < 1.29 is 9.59 Å². The Labute approximate surface area is 173 Å². The summed E-state index contributed by atoms with van der Waals surface area (Å²) >= 11 is 6.37. The lowest BCUT2D eigenvalue weighted by Gasteiger charge is -2.33. The van der Waals surface area contributed by atoms with Gasteiger partial charge in [0.25, 0.3) is 5.91 Å². The van der Waals surface area contributed by atoms with Crippen molar-refractivity contribution in [3.63, 3.8) is 0 Å². The highest BCUT2D eigenvalue weighted by Gasteiger charge is 2.33. The zero-order valence-electron chi connectivity index (χ0n) is 16.4. The fourth-order valence-electron chi connectivity index (χ4n) is 3.54. The summed E-state index contributed by atoms with van der Waals surface area (Å²) in [5, 5.41) is 3.26. The highest BCUT2D eigenvalue weighted by atomic mass is 35.5. The van der Waals surface area contributed by atoms with Gasteiger partial charge in [0.2, 0.25) is 5.91 Å². The van der Waals surface area contributed by atoms with Gasteiger partial charge in [0.1, 0.15) is 0 Å². The number of likely N-dealkylation sites (tertiary alicyclic amines) is 1. The summed E-state index contributed by atoms with van der Waals surface area (Å²) in [6.07, 6.45) is 4.54. The van der Waals surface area contributed by atoms with Crippen LogP contribution >= 0.6 is 24.0 Å². The van der Waals surface area contributed by atoms with Crippen LogP contribution in [0.2, 0.25) is 5.02 Å². The minimum Gasteiger partial charge on any atom is -0.336 e. The van der Waals surface area contributed by atoms with E-state index >= 15 is 0 Å². The Bertz CT molecular complexity index is 654. The molecule has 152 valence electrons. The van der Waals surface area contributed by atoms with Crippen LogP contribution in [0.15, 0.2) is 18.2 Å². The standard InChI is InChI=1S/C20H30ClN3O2.ClH/c1-4-20(5-2,13-22)19(26)23-15-9-10-16(17(21)12-15)18(25)24-11-7-6-8-14(24)3;/h9-10,12,14H,4-8,11,13,22H2,1-3H3,(H,23,26);1H. The molecule has 2 rings (SSSR count). The lowest BCUT2D eigenvalue weighted by atomic mass is 9.81. The Morgan fingerprint density at radius 1 is 1.30 bits per heavy atom. The Morgan fingerprint density at radius 3 is 2.48 bits per heavy atom. The van der Waals surface area contributed by atoms with Gasteiger partial charge in [-0.1, -0.05) is 25.4 Å². The number of nitrogens with zero attached hydrogens (tertiary/aromatic N) is 1. The van der Waals surface area contributed by atoms with Crippen LogP contribution in [0.3, 0.4) is 0 Å². The minimum absolute atomic E-state index is 0. The van der Waals surface area contributed by atoms with Gasteiger partial charge < -0.3 is 16.0 Å². The van der Waals surface area contributed by atoms with Gasteiger partial charge in [-0.25, -0.2) is 0 Å². The molecule has 0 radical (unpaired) electrons. The zero-order chi connectivity index (χ0) is 19.3. The van der Waals surface area contributed by atoms with Crippen molar-refractivity contribution in [1.82, 2.24) is 4.90 Å². The fraction of sp³-hybridized carbons (Fsp3) is 0.600. The van der Waals surface area contributed by atoms with Crippen LogP contribution in [-0.2, 0) is 4.79 Å². The predicted octanol–water partition coefficient (Wildman–Crippen LogP) is 4.48. The second kappa shape index (κ2) is 10.3. The maximum absolute atomic E-state index is 12.8. The normalized spacial score (nSPS) is 17.2. The number of carbonyl (C=O) groups excluding carboxylic acids is 2. The van der Waals surface area contributed by atoms with Crippen molar-refractivity contribution in [2.75, 3.05) is 18.4 Å². The first-order valence-electron chi connectivity index (χ1n) is 9.50. The summed E-state index contributed by atoms with van der Waals surface area (Å²) in [4.78, 5) is 27.3. The van der Waals surface area contributed by atoms with Gasteiger partial charge in [-0.3, -0.25) is 9.59 Å². The van der Waals surface area contributed by atoms with Gasteiger partial charge in [0.15, 0.2) is 0 Å². The second-order valence-electron chi connectivity index (χ2n) is 7.18. The number of amides is 2. The summed E-state index contributed by atoms with van der Waals surface area (Å²) in [6, 6.07) is 5.31. The average Bonchev–Trinajstić information content (AvgIpc) is 2.64. The van der Waals surface area contributed by atoms with Gasteiger partial charge in [-0.05, 0) is 57.2 Å². The molecule has 0 aliphatic carbocycles. The van der Waals surface area contributed by atoms with Crippen LogP contribution in [0.25, 0.3) is 0 Å². The smallest absolute Gasteiger partial charge is 0.255 e. The molecule has 1 saturated heterocycles. The quantitative estimate of drug-likeness (QED) is 0.718. The van der Waals surface area contributed by atoms with E-state index in [2.05, 4.69) is 12.2 Å². The molecule has 2 amide bonds. The molecule has 0 spiro atoms. The summed E-state index contributed by atoms with van der Waals surface area (Å²) in [6.45, 7) is 7.06.